The van der Waals surface area contributed by atoms with Gasteiger partial charge in [0.25, 0.3) is 0 Å². The van der Waals surface area contributed by atoms with E-state index in [1.165, 1.54) is 7.06 Å². The fraction of sp³-hybridized carbons (Fsp3) is 0.500. The van der Waals surface area contributed by atoms with Crippen molar-refractivity contribution in [2.75, 3.05) is 20.1 Å². The van der Waals surface area contributed by atoms with E-state index < -0.39 is 18.0 Å². The Bertz CT molecular complexity index is 402. The SMILES string of the molecule is C=C=C=C=C.CN1CCC(F)(C(=O)[O-])CC1.[B][B]B([B])[B].[Li+]. The maximum atomic E-state index is 13.2. The van der Waals surface area contributed by atoms with Crippen LogP contribution in [0.25, 0.3) is 0 Å². The van der Waals surface area contributed by atoms with Crippen molar-refractivity contribution in [2.24, 2.45) is 0 Å². The van der Waals surface area contributed by atoms with E-state index in [9.17, 15) is 14.3 Å². The van der Waals surface area contributed by atoms with Crippen molar-refractivity contribution < 1.29 is 33.2 Å². The van der Waals surface area contributed by atoms with E-state index in [4.69, 9.17) is 23.2 Å². The van der Waals surface area contributed by atoms with Gasteiger partial charge in [0.15, 0.2) is 5.67 Å². The molecular weight excluding hydrogens is 270 g/mol. The Labute approximate surface area is 149 Å². The summed E-state index contributed by atoms with van der Waals surface area (Å²) in [4.78, 5) is 12.2. The van der Waals surface area contributed by atoms with Crippen LogP contribution in [0.1, 0.15) is 12.8 Å². The van der Waals surface area contributed by atoms with Crippen molar-refractivity contribution in [2.45, 2.75) is 18.5 Å². The molecule has 0 aromatic carbocycles. The van der Waals surface area contributed by atoms with Gasteiger partial charge >= 0.3 is 18.9 Å². The Morgan fingerprint density at radius 1 is 1.36 bits per heavy atom. The first-order chi connectivity index (χ1) is 9.73. The number of carboxylic acid groups (broad SMARTS) is 1. The van der Waals surface area contributed by atoms with Crippen molar-refractivity contribution in [3.63, 3.8) is 0 Å². The summed E-state index contributed by atoms with van der Waals surface area (Å²) in [7, 11) is 17.6. The fourth-order valence-electron chi connectivity index (χ4n) is 1.24. The number of aliphatic carboxylic acids is 1. The summed E-state index contributed by atoms with van der Waals surface area (Å²) in [6.07, 6.45) is -0.368. The molecule has 1 heterocycles. The topological polar surface area (TPSA) is 43.4 Å². The maximum absolute atomic E-state index is 13.2. The number of halogens is 1. The van der Waals surface area contributed by atoms with Gasteiger partial charge in [-0.3, -0.25) is 0 Å². The van der Waals surface area contributed by atoms with E-state index in [2.05, 4.69) is 30.4 Å². The molecule has 0 aromatic rings. The number of rotatable bonds is 2. The van der Waals surface area contributed by atoms with Crippen LogP contribution in [-0.2, 0) is 4.79 Å². The van der Waals surface area contributed by atoms with Gasteiger partial charge < -0.3 is 14.8 Å². The van der Waals surface area contributed by atoms with Crippen LogP contribution in [0.2, 0.25) is 0 Å². The average molecular weight is 285 g/mol. The fourth-order valence-corrected chi connectivity index (χ4v) is 1.24. The Balaban J connectivity index is -0.000000279. The van der Waals surface area contributed by atoms with Gasteiger partial charge in [0.2, 0.25) is 0 Å². The third kappa shape index (κ3) is 14.3. The summed E-state index contributed by atoms with van der Waals surface area (Å²) < 4.78 is 13.2. The summed E-state index contributed by atoms with van der Waals surface area (Å²) in [5.74, 6) is -1.56. The van der Waals surface area contributed by atoms with Gasteiger partial charge in [0, 0.05) is 49.7 Å². The molecule has 0 spiro atoms. The van der Waals surface area contributed by atoms with Crippen molar-refractivity contribution in [1.82, 2.24) is 4.90 Å². The van der Waals surface area contributed by atoms with Gasteiger partial charge in [0.05, 0.1) is 5.97 Å². The van der Waals surface area contributed by atoms with Crippen LogP contribution in [0, 0.1) is 0 Å². The standard InChI is InChI=1S/C7H12FNO2.C5H4.B5.Li/c1-9-4-2-7(8,3-5-9)6(10)11;1-3-5-4-2;1-4-5(2)3;/h2-5H2,1H3,(H,10,11);1-2H2;;/q;;;+1/p-1. The number of hydrogen-bond acceptors (Lipinski definition) is 3. The van der Waals surface area contributed by atoms with E-state index in [1.54, 1.807) is 0 Å². The summed E-state index contributed by atoms with van der Waals surface area (Å²) in [6, 6.07) is 0. The van der Waals surface area contributed by atoms with Crippen LogP contribution < -0.4 is 24.0 Å². The monoisotopic (exact) mass is 286 g/mol. The van der Waals surface area contributed by atoms with Gasteiger partial charge in [-0.05, 0) is 38.8 Å². The van der Waals surface area contributed by atoms with Crippen molar-refractivity contribution in [1.29, 1.82) is 0 Å². The molecule has 0 aromatic heterocycles. The van der Waals surface area contributed by atoms with Gasteiger partial charge in [0.1, 0.15) is 0 Å². The van der Waals surface area contributed by atoms with Crippen molar-refractivity contribution >= 4 is 42.6 Å². The van der Waals surface area contributed by atoms with Crippen molar-refractivity contribution in [3.8, 4) is 0 Å². The molecule has 0 saturated carbocycles. The molecule has 1 rings (SSSR count). The van der Waals surface area contributed by atoms with E-state index in [0.717, 1.165) is 0 Å². The number of carboxylic acids is 1. The molecular formula is C12H15B5FLiNO2. The molecule has 3 nitrogen and oxygen atoms in total. The van der Waals surface area contributed by atoms with Crippen molar-refractivity contribution in [3.05, 3.63) is 30.4 Å². The van der Waals surface area contributed by atoms with Gasteiger partial charge in [-0.2, -0.15) is 0 Å². The van der Waals surface area contributed by atoms with Crippen LogP contribution in [-0.4, -0.2) is 73.3 Å². The third-order valence-electron chi connectivity index (χ3n) is 2.54. The largest absolute Gasteiger partial charge is 1.00 e. The molecule has 1 fully saturated rings. The molecule has 10 heteroatoms. The number of carbonyl (C=O) groups is 1. The first-order valence-electron chi connectivity index (χ1n) is 6.17. The van der Waals surface area contributed by atoms with E-state index in [-0.39, 0.29) is 31.7 Å². The Kier molecular flexibility index (Phi) is 18.2. The minimum absolute atomic E-state index is 0. The molecule has 0 bridgehead atoms. The predicted molar refractivity (Wildman–Crippen MR) is 86.1 cm³/mol. The number of likely N-dealkylation sites (tertiary alicyclic amines) is 1. The van der Waals surface area contributed by atoms with Crippen LogP contribution in [0.5, 0.6) is 0 Å². The quantitative estimate of drug-likeness (QED) is 0.380. The van der Waals surface area contributed by atoms with Gasteiger partial charge in [-0.25, -0.2) is 4.39 Å². The number of alkyl halides is 1. The second kappa shape index (κ2) is 15.3. The summed E-state index contributed by atoms with van der Waals surface area (Å²) in [5, 5.41) is 10.3. The van der Waals surface area contributed by atoms with E-state index in [0.29, 0.717) is 13.1 Å². The zero-order chi connectivity index (χ0) is 16.9. The number of carbonyl (C=O) groups excluding carboxylic acids is 1. The first kappa shape index (κ1) is 26.3. The summed E-state index contributed by atoms with van der Waals surface area (Å²) >= 11 is 0. The molecule has 7 radical (unpaired) electrons. The number of nitrogens with zero attached hydrogens (tertiary/aromatic N) is 1. The second-order valence-corrected chi connectivity index (χ2v) is 4.30. The van der Waals surface area contributed by atoms with E-state index in [1.807, 2.05) is 11.9 Å². The number of hydrogen-bond donors (Lipinski definition) is 0. The first-order valence-corrected chi connectivity index (χ1v) is 6.17. The normalized spacial score (nSPS) is 14.6. The second-order valence-electron chi connectivity index (χ2n) is 4.30. The molecule has 0 amide bonds. The molecule has 0 aliphatic carbocycles. The zero-order valence-corrected chi connectivity index (χ0v) is 13.3. The average Bonchev–Trinajstić information content (AvgIpc) is 2.44. The zero-order valence-electron chi connectivity index (χ0n) is 13.3. The molecule has 1 saturated heterocycles. The number of piperidine rings is 1. The molecule has 22 heavy (non-hydrogen) atoms. The molecule has 0 unspecified atom stereocenters. The Morgan fingerprint density at radius 3 is 1.91 bits per heavy atom. The molecule has 103 valence electrons. The Morgan fingerprint density at radius 2 is 1.73 bits per heavy atom. The smallest absolute Gasteiger partial charge is 0.547 e. The van der Waals surface area contributed by atoms with E-state index >= 15 is 0 Å². The molecule has 0 N–H and O–H groups in total. The van der Waals surface area contributed by atoms with Crippen LogP contribution in [0.15, 0.2) is 30.4 Å². The summed E-state index contributed by atoms with van der Waals surface area (Å²) in [5.41, 5.74) is 5.00. The van der Waals surface area contributed by atoms with Gasteiger partial charge in [-0.15, -0.1) is 0 Å². The molecule has 1 aliphatic rings. The van der Waals surface area contributed by atoms with Gasteiger partial charge in [-0.1, -0.05) is 11.5 Å². The van der Waals surface area contributed by atoms with Crippen LogP contribution >= 0.6 is 0 Å². The Hall–Kier alpha value is -0.638. The maximum Gasteiger partial charge on any atom is 1.00 e. The summed E-state index contributed by atoms with van der Waals surface area (Å²) in [6.45, 7) is 7.40. The molecule has 0 atom stereocenters. The molecule has 1 aliphatic heterocycles. The third-order valence-corrected chi connectivity index (χ3v) is 2.54. The predicted octanol–water partition coefficient (Wildman–Crippen LogP) is -4.46. The van der Waals surface area contributed by atoms with Crippen LogP contribution in [0.3, 0.4) is 0 Å². The minimum atomic E-state index is -2.08. The van der Waals surface area contributed by atoms with Crippen LogP contribution in [0.4, 0.5) is 4.39 Å². The minimum Gasteiger partial charge on any atom is -0.547 e.